The molecule has 4 heterocycles. The van der Waals surface area contributed by atoms with Gasteiger partial charge in [0.15, 0.2) is 0 Å². The molecule has 53 heavy (non-hydrogen) atoms. The first-order valence-corrected chi connectivity index (χ1v) is 18.5. The summed E-state index contributed by atoms with van der Waals surface area (Å²) in [5, 5.41) is 0. The second kappa shape index (κ2) is 12.6. The second-order valence-corrected chi connectivity index (χ2v) is 17.8. The molecule has 270 valence electrons. The van der Waals surface area contributed by atoms with E-state index in [-0.39, 0.29) is 42.7 Å². The first kappa shape index (κ1) is 37.0. The molecule has 4 aromatic carbocycles. The van der Waals surface area contributed by atoms with Crippen LogP contribution in [0.2, 0.25) is 0 Å². The van der Waals surface area contributed by atoms with Crippen molar-refractivity contribution in [3.8, 4) is 34.0 Å². The van der Waals surface area contributed by atoms with Crippen molar-refractivity contribution in [2.75, 3.05) is 0 Å². The van der Waals surface area contributed by atoms with Crippen molar-refractivity contribution in [2.45, 2.75) is 96.3 Å². The fourth-order valence-corrected chi connectivity index (χ4v) is 7.93. The Morgan fingerprint density at radius 1 is 0.509 bits per heavy atom. The number of hydrogen-bond acceptors (Lipinski definition) is 3. The smallest absolute Gasteiger partial charge is 0.457 e. The van der Waals surface area contributed by atoms with Crippen LogP contribution >= 0.6 is 0 Å². The average molecular weight is 876 g/mol. The molecule has 0 fully saturated rings. The van der Waals surface area contributed by atoms with Gasteiger partial charge in [-0.1, -0.05) is 106 Å². The molecule has 0 N–H and O–H groups in total. The van der Waals surface area contributed by atoms with E-state index in [2.05, 4.69) is 191 Å². The molecule has 8 bridgehead atoms. The van der Waals surface area contributed by atoms with Gasteiger partial charge in [0.05, 0.1) is 11.4 Å². The Bertz CT molecular complexity index is 2210. The van der Waals surface area contributed by atoms with Crippen molar-refractivity contribution in [1.82, 2.24) is 9.97 Å². The molecule has 3 nitrogen and oxygen atoms in total. The van der Waals surface area contributed by atoms with Crippen molar-refractivity contribution in [3.05, 3.63) is 166 Å². The number of ether oxygens (including phenoxy) is 1. The Labute approximate surface area is 330 Å². The molecular formula is C49H48N2OPt. The predicted octanol–water partition coefficient (Wildman–Crippen LogP) is 12.1. The van der Waals surface area contributed by atoms with Gasteiger partial charge in [-0.3, -0.25) is 9.97 Å². The average Bonchev–Trinajstić information content (AvgIpc) is 3.12. The third-order valence-corrected chi connectivity index (χ3v) is 12.0. The number of hydrogen-bond donors (Lipinski definition) is 0. The van der Waals surface area contributed by atoms with E-state index in [0.717, 1.165) is 67.7 Å². The predicted molar refractivity (Wildman–Crippen MR) is 212 cm³/mol. The van der Waals surface area contributed by atoms with Gasteiger partial charge in [0.2, 0.25) is 0 Å². The molecule has 2 aromatic heterocycles. The van der Waals surface area contributed by atoms with Gasteiger partial charge >= 0.3 is 21.1 Å². The monoisotopic (exact) mass is 875 g/mol. The number of rotatable bonds is 0. The van der Waals surface area contributed by atoms with Crippen LogP contribution in [0.15, 0.2) is 109 Å². The number of aromatic nitrogens is 2. The molecule has 4 heteroatoms. The van der Waals surface area contributed by atoms with Crippen LogP contribution in [0.1, 0.15) is 114 Å². The van der Waals surface area contributed by atoms with Crippen molar-refractivity contribution in [1.29, 1.82) is 0 Å². The van der Waals surface area contributed by atoms with E-state index in [1.807, 2.05) is 0 Å². The normalized spacial score (nSPS) is 16.2. The summed E-state index contributed by atoms with van der Waals surface area (Å²) in [5.74, 6) is 1.62. The summed E-state index contributed by atoms with van der Waals surface area (Å²) < 4.78 is 6.86. The Morgan fingerprint density at radius 3 is 1.30 bits per heavy atom. The maximum absolute atomic E-state index is 6.86. The summed E-state index contributed by atoms with van der Waals surface area (Å²) >= 11 is 0. The van der Waals surface area contributed by atoms with Gasteiger partial charge in [-0.25, -0.2) is 0 Å². The summed E-state index contributed by atoms with van der Waals surface area (Å²) in [4.78, 5) is 11.3. The molecule has 0 unspecified atom stereocenters. The molecule has 0 radical (unpaired) electrons. The van der Waals surface area contributed by atoms with E-state index in [4.69, 9.17) is 14.7 Å². The maximum atomic E-state index is 6.86. The molecule has 0 amide bonds. The van der Waals surface area contributed by atoms with E-state index in [0.29, 0.717) is 0 Å². The van der Waals surface area contributed by atoms with Gasteiger partial charge in [0.25, 0.3) is 0 Å². The van der Waals surface area contributed by atoms with Gasteiger partial charge in [0, 0.05) is 11.1 Å². The largest absolute Gasteiger partial charge is 2.00 e. The van der Waals surface area contributed by atoms with Gasteiger partial charge in [-0.15, -0.1) is 70.8 Å². The van der Waals surface area contributed by atoms with Gasteiger partial charge in [-0.2, -0.15) is 0 Å². The quantitative estimate of drug-likeness (QED) is 0.142. The van der Waals surface area contributed by atoms with Crippen LogP contribution in [-0.4, -0.2) is 9.97 Å². The Hall–Kier alpha value is -4.33. The molecule has 0 atom stereocenters. The summed E-state index contributed by atoms with van der Waals surface area (Å²) in [6, 6.07) is 46.9. The fourth-order valence-electron chi connectivity index (χ4n) is 7.93. The van der Waals surface area contributed by atoms with Crippen LogP contribution in [-0.2, 0) is 48.1 Å². The van der Waals surface area contributed by atoms with Gasteiger partial charge < -0.3 is 4.74 Å². The minimum absolute atomic E-state index is 0. The third kappa shape index (κ3) is 5.82. The zero-order valence-electron chi connectivity index (χ0n) is 32.5. The summed E-state index contributed by atoms with van der Waals surface area (Å²) in [6.45, 7) is 22.8. The van der Waals surface area contributed by atoms with Crippen LogP contribution in [0.25, 0.3) is 22.5 Å². The molecule has 2 aliphatic heterocycles. The zero-order chi connectivity index (χ0) is 36.8. The molecule has 8 rings (SSSR count). The zero-order valence-corrected chi connectivity index (χ0v) is 34.8. The van der Waals surface area contributed by atoms with Crippen LogP contribution in [0.3, 0.4) is 0 Å². The number of benzene rings is 4. The topological polar surface area (TPSA) is 35.0 Å². The molecule has 0 saturated carbocycles. The van der Waals surface area contributed by atoms with Gasteiger partial charge in [-0.05, 0) is 80.6 Å². The Balaban J connectivity index is 0.00000435. The molecular weight excluding hydrogens is 828 g/mol. The van der Waals surface area contributed by atoms with E-state index in [1.165, 1.54) is 11.1 Å². The number of nitrogens with zero attached hydrogens (tertiary/aromatic N) is 2. The van der Waals surface area contributed by atoms with Crippen LogP contribution in [0.4, 0.5) is 0 Å². The first-order chi connectivity index (χ1) is 24.5. The molecule has 0 saturated heterocycles. The minimum Gasteiger partial charge on any atom is -0.457 e. The van der Waals surface area contributed by atoms with E-state index in [1.54, 1.807) is 0 Å². The van der Waals surface area contributed by atoms with E-state index in [9.17, 15) is 0 Å². The minimum atomic E-state index is -0.911. The van der Waals surface area contributed by atoms with E-state index >= 15 is 0 Å². The first-order valence-electron chi connectivity index (χ1n) is 18.5. The Morgan fingerprint density at radius 2 is 0.906 bits per heavy atom. The SMILES string of the molecule is CC(C)(C)c1ccc2c(c1)C1(c3cccc(n3)-c3[c-]c(ccc3)C(C)(C)C(C)(C)c3[c-]c(ccc3)-c3cccc1n3)c1cc(C(C)(C)C)ccc1O2.[Pt+2]. The standard InChI is InChI=1S/C49H48N2O.Pt/c1-45(2,3)33-23-25-41-37(29-33)49(38-30-34(46(4,5)6)24-26-42(38)52-41)43-21-13-19-39(50-43)31-15-11-17-35(27-31)47(7,8)48(9,10)36-18-12-16-32(28-36)40-20-14-22-44(49)51-40;/h11-26,29-30H,1-10H3;/q-2;+2. The van der Waals surface area contributed by atoms with Crippen LogP contribution < -0.4 is 4.74 Å². The summed E-state index contributed by atoms with van der Waals surface area (Å²) in [7, 11) is 0. The number of pyridine rings is 2. The second-order valence-electron chi connectivity index (χ2n) is 17.8. The van der Waals surface area contributed by atoms with Crippen LogP contribution in [0.5, 0.6) is 11.5 Å². The summed E-state index contributed by atoms with van der Waals surface area (Å²) in [5.41, 5.74) is 10.6. The third-order valence-electron chi connectivity index (χ3n) is 12.0. The van der Waals surface area contributed by atoms with Gasteiger partial charge in [0.1, 0.15) is 16.9 Å². The fraction of sp³-hybridized carbons (Fsp3) is 0.306. The van der Waals surface area contributed by atoms with Crippen molar-refractivity contribution in [3.63, 3.8) is 0 Å². The van der Waals surface area contributed by atoms with Crippen molar-refractivity contribution >= 4 is 0 Å². The van der Waals surface area contributed by atoms with E-state index < -0.39 is 5.41 Å². The maximum Gasteiger partial charge on any atom is 2.00 e. The molecule has 2 aliphatic rings. The molecule has 0 aliphatic carbocycles. The molecule has 6 aromatic rings. The van der Waals surface area contributed by atoms with Crippen molar-refractivity contribution < 1.29 is 25.8 Å². The number of fused-ring (bicyclic) bond motifs is 16. The Kier molecular flexibility index (Phi) is 8.82. The molecule has 1 spiro atoms. The van der Waals surface area contributed by atoms with Crippen LogP contribution in [0, 0.1) is 12.1 Å². The summed E-state index contributed by atoms with van der Waals surface area (Å²) in [6.07, 6.45) is 0. The van der Waals surface area contributed by atoms with Crippen molar-refractivity contribution in [2.24, 2.45) is 0 Å².